The Morgan fingerprint density at radius 2 is 1.58 bits per heavy atom. The smallest absolute Gasteiger partial charge is 0.336 e. The minimum absolute atomic E-state index is 0.0647. The predicted molar refractivity (Wildman–Crippen MR) is 88.3 cm³/mol. The lowest BCUT2D eigenvalue weighted by Crippen LogP contribution is -1.97. The van der Waals surface area contributed by atoms with Gasteiger partial charge in [-0.2, -0.15) is 0 Å². The van der Waals surface area contributed by atoms with Crippen LogP contribution in [0, 0.1) is 0 Å². The molecular formula is C17H13NO5S. The van der Waals surface area contributed by atoms with E-state index in [1.54, 1.807) is 18.2 Å². The van der Waals surface area contributed by atoms with E-state index in [2.05, 4.69) is 0 Å². The zero-order valence-corrected chi connectivity index (χ0v) is 13.1. The van der Waals surface area contributed by atoms with Crippen molar-refractivity contribution in [1.82, 2.24) is 4.57 Å². The van der Waals surface area contributed by atoms with Crippen molar-refractivity contribution < 1.29 is 25.2 Å². The quantitative estimate of drug-likeness (QED) is 0.579. The third kappa shape index (κ3) is 2.89. The summed E-state index contributed by atoms with van der Waals surface area (Å²) < 4.78 is 1.20. The van der Waals surface area contributed by atoms with E-state index in [4.69, 9.17) is 0 Å². The van der Waals surface area contributed by atoms with Crippen LogP contribution >= 0.6 is 11.8 Å². The summed E-state index contributed by atoms with van der Waals surface area (Å²) in [5, 5.41) is 39.1. The molecule has 1 aromatic heterocycles. The number of carboxylic acids is 1. The summed E-state index contributed by atoms with van der Waals surface area (Å²) in [6.45, 7) is 0. The van der Waals surface area contributed by atoms with Crippen molar-refractivity contribution in [3.8, 4) is 23.2 Å². The maximum absolute atomic E-state index is 11.3. The Labute approximate surface area is 141 Å². The Morgan fingerprint density at radius 3 is 2.25 bits per heavy atom. The van der Waals surface area contributed by atoms with Gasteiger partial charge in [-0.1, -0.05) is 23.9 Å². The average molecular weight is 343 g/mol. The van der Waals surface area contributed by atoms with Gasteiger partial charge in [0.1, 0.15) is 5.75 Å². The van der Waals surface area contributed by atoms with Gasteiger partial charge in [-0.25, -0.2) is 4.79 Å². The first-order chi connectivity index (χ1) is 11.5. The molecule has 0 radical (unpaired) electrons. The molecule has 0 saturated carbocycles. The number of benzene rings is 2. The summed E-state index contributed by atoms with van der Waals surface area (Å²) in [6.07, 6.45) is 0. The Bertz CT molecular complexity index is 902. The molecule has 2 aromatic carbocycles. The zero-order valence-electron chi connectivity index (χ0n) is 12.2. The highest BCUT2D eigenvalue weighted by atomic mass is 32.2. The van der Waals surface area contributed by atoms with Crippen LogP contribution in [-0.4, -0.2) is 31.0 Å². The number of aromatic nitrogens is 1. The number of aromatic carboxylic acids is 1. The van der Waals surface area contributed by atoms with Crippen LogP contribution in [0.2, 0.25) is 0 Å². The highest BCUT2D eigenvalue weighted by molar-refractivity contribution is 7.99. The number of phenolic OH excluding ortho intramolecular Hbond substituents is 1. The number of nitrogens with zero attached hydrogens (tertiary/aromatic N) is 1. The van der Waals surface area contributed by atoms with Crippen LogP contribution < -0.4 is 0 Å². The molecule has 0 aliphatic carbocycles. The second-order valence-corrected chi connectivity index (χ2v) is 6.03. The van der Waals surface area contributed by atoms with Gasteiger partial charge in [0.05, 0.1) is 16.1 Å². The molecule has 3 aromatic rings. The number of hydrogen-bond acceptors (Lipinski definition) is 5. The van der Waals surface area contributed by atoms with E-state index in [1.165, 1.54) is 41.0 Å². The molecule has 24 heavy (non-hydrogen) atoms. The first-order valence-electron chi connectivity index (χ1n) is 6.90. The first-order valence-corrected chi connectivity index (χ1v) is 7.72. The Kier molecular flexibility index (Phi) is 4.09. The van der Waals surface area contributed by atoms with Crippen molar-refractivity contribution in [2.24, 2.45) is 0 Å². The number of rotatable bonds is 4. The summed E-state index contributed by atoms with van der Waals surface area (Å²) in [7, 11) is 0. The van der Waals surface area contributed by atoms with Crippen molar-refractivity contribution in [2.75, 3.05) is 0 Å². The fourth-order valence-corrected chi connectivity index (χ4v) is 3.24. The Hall–Kier alpha value is -3.06. The molecule has 0 saturated heterocycles. The standard InChI is InChI=1S/C17H13NO5S/c19-11-7-5-10(6-8-11)18-15(20)9-14(16(18)21)24-13-4-2-1-3-12(13)17(22)23/h1-9,19-21H,(H,22,23). The van der Waals surface area contributed by atoms with E-state index < -0.39 is 5.97 Å². The third-order valence-corrected chi connectivity index (χ3v) is 4.46. The molecule has 0 unspecified atom stereocenters. The number of hydrogen-bond donors (Lipinski definition) is 4. The maximum atomic E-state index is 11.3. The normalized spacial score (nSPS) is 10.7. The summed E-state index contributed by atoms with van der Waals surface area (Å²) in [5.74, 6) is -1.42. The lowest BCUT2D eigenvalue weighted by Gasteiger charge is -2.08. The summed E-state index contributed by atoms with van der Waals surface area (Å²) in [5.41, 5.74) is 0.569. The van der Waals surface area contributed by atoms with Gasteiger partial charge >= 0.3 is 5.97 Å². The molecule has 3 rings (SSSR count). The SMILES string of the molecule is O=C(O)c1ccccc1Sc1cc(O)n(-c2ccc(O)cc2)c1O. The number of carboxylic acid groups (broad SMARTS) is 1. The molecule has 0 atom stereocenters. The van der Waals surface area contributed by atoms with Crippen LogP contribution in [0.4, 0.5) is 0 Å². The van der Waals surface area contributed by atoms with Gasteiger partial charge in [0.25, 0.3) is 0 Å². The molecule has 1 heterocycles. The van der Waals surface area contributed by atoms with Gasteiger partial charge in [-0.3, -0.25) is 4.57 Å². The lowest BCUT2D eigenvalue weighted by atomic mass is 10.2. The fraction of sp³-hybridized carbons (Fsp3) is 0. The molecule has 0 fully saturated rings. The van der Waals surface area contributed by atoms with Gasteiger partial charge in [-0.15, -0.1) is 0 Å². The third-order valence-electron chi connectivity index (χ3n) is 3.37. The Balaban J connectivity index is 2.01. The molecule has 0 bridgehead atoms. The zero-order chi connectivity index (χ0) is 17.3. The molecule has 122 valence electrons. The number of aromatic hydroxyl groups is 3. The average Bonchev–Trinajstić information content (AvgIpc) is 2.83. The van der Waals surface area contributed by atoms with Crippen LogP contribution in [0.15, 0.2) is 64.4 Å². The summed E-state index contributed by atoms with van der Waals surface area (Å²) in [4.78, 5) is 12.0. The number of carbonyl (C=O) groups is 1. The van der Waals surface area contributed by atoms with Crippen molar-refractivity contribution in [2.45, 2.75) is 9.79 Å². The van der Waals surface area contributed by atoms with Crippen molar-refractivity contribution in [3.63, 3.8) is 0 Å². The van der Waals surface area contributed by atoms with Crippen LogP contribution in [0.25, 0.3) is 5.69 Å². The van der Waals surface area contributed by atoms with Crippen molar-refractivity contribution in [3.05, 3.63) is 60.2 Å². The topological polar surface area (TPSA) is 103 Å². The first kappa shape index (κ1) is 15.8. The van der Waals surface area contributed by atoms with Gasteiger partial charge in [0.15, 0.2) is 5.88 Å². The van der Waals surface area contributed by atoms with Crippen LogP contribution in [0.3, 0.4) is 0 Å². The molecule has 6 nitrogen and oxygen atoms in total. The molecule has 7 heteroatoms. The Morgan fingerprint density at radius 1 is 0.917 bits per heavy atom. The van der Waals surface area contributed by atoms with Gasteiger partial charge < -0.3 is 20.4 Å². The van der Waals surface area contributed by atoms with Crippen LogP contribution in [0.1, 0.15) is 10.4 Å². The van der Waals surface area contributed by atoms with E-state index in [1.807, 2.05) is 0 Å². The van der Waals surface area contributed by atoms with E-state index in [-0.39, 0.29) is 23.1 Å². The molecular weight excluding hydrogens is 330 g/mol. The second kappa shape index (κ2) is 6.21. The summed E-state index contributed by atoms with van der Waals surface area (Å²) in [6, 6.07) is 13.7. The molecule has 0 aliphatic heterocycles. The molecule has 4 N–H and O–H groups in total. The van der Waals surface area contributed by atoms with Crippen LogP contribution in [-0.2, 0) is 0 Å². The van der Waals surface area contributed by atoms with Crippen molar-refractivity contribution >= 4 is 17.7 Å². The highest BCUT2D eigenvalue weighted by Crippen LogP contribution is 2.42. The monoisotopic (exact) mass is 343 g/mol. The van der Waals surface area contributed by atoms with E-state index in [0.717, 1.165) is 11.8 Å². The van der Waals surface area contributed by atoms with Gasteiger partial charge in [0, 0.05) is 11.0 Å². The largest absolute Gasteiger partial charge is 0.508 e. The maximum Gasteiger partial charge on any atom is 0.336 e. The highest BCUT2D eigenvalue weighted by Gasteiger charge is 2.19. The van der Waals surface area contributed by atoms with E-state index in [9.17, 15) is 25.2 Å². The molecule has 0 amide bonds. The van der Waals surface area contributed by atoms with Gasteiger partial charge in [0.2, 0.25) is 5.88 Å². The predicted octanol–water partition coefficient (Wildman–Crippen LogP) is 3.44. The minimum Gasteiger partial charge on any atom is -0.508 e. The summed E-state index contributed by atoms with van der Waals surface area (Å²) >= 11 is 1.04. The van der Waals surface area contributed by atoms with E-state index in [0.29, 0.717) is 15.5 Å². The molecule has 0 aliphatic rings. The van der Waals surface area contributed by atoms with Crippen molar-refractivity contribution in [1.29, 1.82) is 0 Å². The second-order valence-electron chi connectivity index (χ2n) is 4.95. The van der Waals surface area contributed by atoms with Gasteiger partial charge in [-0.05, 0) is 36.4 Å². The fourth-order valence-electron chi connectivity index (χ4n) is 2.25. The lowest BCUT2D eigenvalue weighted by molar-refractivity contribution is 0.0693. The minimum atomic E-state index is -1.07. The number of phenols is 1. The molecule has 0 spiro atoms. The van der Waals surface area contributed by atoms with Crippen LogP contribution in [0.5, 0.6) is 17.5 Å². The van der Waals surface area contributed by atoms with E-state index >= 15 is 0 Å².